The Bertz CT molecular complexity index is 568. The molecule has 168 valence electrons. The molecule has 0 aliphatic heterocycles. The van der Waals surface area contributed by atoms with E-state index in [-0.39, 0.29) is 18.2 Å². The van der Waals surface area contributed by atoms with Gasteiger partial charge in [-0.2, -0.15) is 0 Å². The first-order chi connectivity index (χ1) is 13.5. The minimum absolute atomic E-state index is 0.0215. The van der Waals surface area contributed by atoms with Crippen LogP contribution in [0, 0.1) is 16.7 Å². The second kappa shape index (κ2) is 8.35. The van der Waals surface area contributed by atoms with Crippen LogP contribution in [-0.2, 0) is 14.2 Å². The maximum Gasteiger partial charge on any atom is 0.410 e. The van der Waals surface area contributed by atoms with E-state index in [1.807, 2.05) is 25.7 Å². The van der Waals surface area contributed by atoms with E-state index >= 15 is 0 Å². The second-order valence-corrected chi connectivity index (χ2v) is 11.4. The van der Waals surface area contributed by atoms with Gasteiger partial charge in [0.2, 0.25) is 0 Å². The Morgan fingerprint density at radius 2 is 1.55 bits per heavy atom. The highest BCUT2D eigenvalue weighted by atomic mass is 16.6. The highest BCUT2D eigenvalue weighted by Gasteiger charge is 2.62. The molecule has 6 heteroatoms. The van der Waals surface area contributed by atoms with Gasteiger partial charge in [0.1, 0.15) is 5.60 Å². The van der Waals surface area contributed by atoms with Crippen LogP contribution >= 0.6 is 0 Å². The molecule has 1 amide bonds. The Labute approximate surface area is 176 Å². The largest absolute Gasteiger partial charge is 0.444 e. The van der Waals surface area contributed by atoms with E-state index in [4.69, 9.17) is 19.3 Å². The van der Waals surface area contributed by atoms with Gasteiger partial charge in [-0.25, -0.2) is 4.79 Å². The second-order valence-electron chi connectivity index (χ2n) is 11.4. The van der Waals surface area contributed by atoms with Gasteiger partial charge >= 0.3 is 6.09 Å². The van der Waals surface area contributed by atoms with Crippen LogP contribution in [0.3, 0.4) is 0 Å². The van der Waals surface area contributed by atoms with Gasteiger partial charge in [-0.15, -0.1) is 0 Å². The number of aliphatic hydroxyl groups excluding tert-OH is 1. The molecule has 0 radical (unpaired) electrons. The molecule has 4 fully saturated rings. The number of rotatable bonds is 9. The smallest absolute Gasteiger partial charge is 0.410 e. The average Bonchev–Trinajstić information content (AvgIpc) is 2.52. The Kier molecular flexibility index (Phi) is 6.57. The van der Waals surface area contributed by atoms with E-state index in [1.54, 1.807) is 0 Å². The minimum Gasteiger partial charge on any atom is -0.444 e. The predicted octanol–water partition coefficient (Wildman–Crippen LogP) is 4.00. The number of hydrogen-bond acceptors (Lipinski definition) is 5. The summed E-state index contributed by atoms with van der Waals surface area (Å²) in [6, 6.07) is 0. The number of carbonyl (C=O) groups excluding carboxylic acids is 1. The Morgan fingerprint density at radius 1 is 0.966 bits per heavy atom. The molecular weight excluding hydrogens is 370 g/mol. The van der Waals surface area contributed by atoms with Gasteiger partial charge in [0.05, 0.1) is 33.0 Å². The third-order valence-electron chi connectivity index (χ3n) is 6.85. The number of aliphatic hydroxyl groups is 1. The van der Waals surface area contributed by atoms with Crippen molar-refractivity contribution in [2.24, 2.45) is 16.7 Å². The molecule has 0 aromatic heterocycles. The van der Waals surface area contributed by atoms with Gasteiger partial charge in [-0.05, 0) is 76.0 Å². The molecule has 0 aromatic rings. The fourth-order valence-electron chi connectivity index (χ4n) is 7.07. The molecule has 0 aromatic carbocycles. The summed E-state index contributed by atoms with van der Waals surface area (Å²) in [5.41, 5.74) is 0.0350. The standard InChI is InChI=1S/C23H41NO5/c1-20(2,3)29-19(26)24(6-8-27-10-11-28-9-7-25)23-14-18-12-21(4,16-23)15-22(5,13-18)17-23/h18,25H,6-17H2,1-5H3. The molecule has 4 saturated carbocycles. The zero-order valence-electron chi connectivity index (χ0n) is 19.1. The van der Waals surface area contributed by atoms with Crippen LogP contribution in [0.4, 0.5) is 4.79 Å². The molecule has 0 spiro atoms. The Morgan fingerprint density at radius 3 is 2.07 bits per heavy atom. The molecule has 2 atom stereocenters. The quantitative estimate of drug-likeness (QED) is 0.581. The van der Waals surface area contributed by atoms with Crippen molar-refractivity contribution in [3.8, 4) is 0 Å². The zero-order chi connectivity index (χ0) is 21.3. The maximum atomic E-state index is 13.3. The maximum absolute atomic E-state index is 13.3. The van der Waals surface area contributed by atoms with Crippen molar-refractivity contribution in [1.82, 2.24) is 4.90 Å². The first kappa shape index (κ1) is 22.8. The molecule has 4 rings (SSSR count). The highest BCUT2D eigenvalue weighted by molar-refractivity contribution is 5.69. The summed E-state index contributed by atoms with van der Waals surface area (Å²) in [7, 11) is 0. The minimum atomic E-state index is -0.510. The van der Waals surface area contributed by atoms with Gasteiger partial charge < -0.3 is 24.2 Å². The molecular formula is C23H41NO5. The Hall–Kier alpha value is -0.850. The molecule has 1 N–H and O–H groups in total. The van der Waals surface area contributed by atoms with E-state index in [0.29, 0.717) is 49.7 Å². The van der Waals surface area contributed by atoms with Crippen molar-refractivity contribution < 1.29 is 24.1 Å². The van der Waals surface area contributed by atoms with E-state index in [2.05, 4.69) is 13.8 Å². The summed E-state index contributed by atoms with van der Waals surface area (Å²) in [5, 5.41) is 8.77. The summed E-state index contributed by atoms with van der Waals surface area (Å²) >= 11 is 0. The summed E-state index contributed by atoms with van der Waals surface area (Å²) in [6.07, 6.45) is 6.91. The van der Waals surface area contributed by atoms with Crippen LogP contribution < -0.4 is 0 Å². The molecule has 0 saturated heterocycles. The third-order valence-corrected chi connectivity index (χ3v) is 6.85. The van der Waals surface area contributed by atoms with Crippen molar-refractivity contribution in [2.75, 3.05) is 39.6 Å². The summed E-state index contributed by atoms with van der Waals surface area (Å²) in [6.45, 7) is 12.9. The molecule has 2 unspecified atom stereocenters. The zero-order valence-corrected chi connectivity index (χ0v) is 19.1. The highest BCUT2D eigenvalue weighted by Crippen LogP contribution is 2.67. The molecule has 6 nitrogen and oxygen atoms in total. The van der Waals surface area contributed by atoms with E-state index in [0.717, 1.165) is 19.3 Å². The van der Waals surface area contributed by atoms with Gasteiger partial charge in [0.15, 0.2) is 0 Å². The number of nitrogens with zero attached hydrogens (tertiary/aromatic N) is 1. The summed E-state index contributed by atoms with van der Waals surface area (Å²) in [4.78, 5) is 15.3. The van der Waals surface area contributed by atoms with Crippen LogP contribution in [0.15, 0.2) is 0 Å². The van der Waals surface area contributed by atoms with Gasteiger partial charge in [-0.3, -0.25) is 0 Å². The summed E-state index contributed by atoms with van der Waals surface area (Å²) in [5.74, 6) is 0.707. The first-order valence-electron chi connectivity index (χ1n) is 11.3. The fourth-order valence-corrected chi connectivity index (χ4v) is 7.07. The van der Waals surface area contributed by atoms with Crippen molar-refractivity contribution in [3.63, 3.8) is 0 Å². The molecule has 29 heavy (non-hydrogen) atoms. The van der Waals surface area contributed by atoms with Crippen LogP contribution in [0.5, 0.6) is 0 Å². The molecule has 4 aliphatic carbocycles. The van der Waals surface area contributed by atoms with Gasteiger partial charge in [-0.1, -0.05) is 13.8 Å². The normalized spacial score (nSPS) is 35.7. The van der Waals surface area contributed by atoms with Crippen molar-refractivity contribution in [1.29, 1.82) is 0 Å². The van der Waals surface area contributed by atoms with Crippen LogP contribution in [0.2, 0.25) is 0 Å². The number of hydrogen-bond donors (Lipinski definition) is 1. The van der Waals surface area contributed by atoms with Gasteiger partial charge in [0, 0.05) is 12.1 Å². The lowest BCUT2D eigenvalue weighted by atomic mass is 9.42. The van der Waals surface area contributed by atoms with Gasteiger partial charge in [0.25, 0.3) is 0 Å². The lowest BCUT2D eigenvalue weighted by Crippen LogP contribution is -2.67. The van der Waals surface area contributed by atoms with Crippen LogP contribution in [0.1, 0.15) is 73.1 Å². The van der Waals surface area contributed by atoms with E-state index in [1.165, 1.54) is 19.3 Å². The molecule has 0 heterocycles. The number of carbonyl (C=O) groups is 1. The monoisotopic (exact) mass is 411 g/mol. The SMILES string of the molecule is CC12CC3CC(C)(C1)CC(N(CCOCCOCCO)C(=O)OC(C)(C)C)(C3)C2. The number of amides is 1. The van der Waals surface area contributed by atoms with Crippen molar-refractivity contribution >= 4 is 6.09 Å². The molecule has 4 aliphatic rings. The summed E-state index contributed by atoms with van der Waals surface area (Å²) < 4.78 is 16.8. The lowest BCUT2D eigenvalue weighted by molar-refractivity contribution is -0.159. The average molecular weight is 412 g/mol. The van der Waals surface area contributed by atoms with E-state index in [9.17, 15) is 4.79 Å². The van der Waals surface area contributed by atoms with Crippen molar-refractivity contribution in [3.05, 3.63) is 0 Å². The third kappa shape index (κ3) is 5.45. The first-order valence-corrected chi connectivity index (χ1v) is 11.3. The fraction of sp³-hybridized carbons (Fsp3) is 0.957. The van der Waals surface area contributed by atoms with Crippen molar-refractivity contribution in [2.45, 2.75) is 84.3 Å². The predicted molar refractivity (Wildman–Crippen MR) is 112 cm³/mol. The lowest BCUT2D eigenvalue weighted by Gasteiger charge is -2.67. The Balaban J connectivity index is 1.70. The van der Waals surface area contributed by atoms with Crippen LogP contribution in [-0.4, -0.2) is 66.8 Å². The molecule has 4 bridgehead atoms. The van der Waals surface area contributed by atoms with E-state index < -0.39 is 5.60 Å². The topological polar surface area (TPSA) is 68.2 Å². The van der Waals surface area contributed by atoms with Crippen LogP contribution in [0.25, 0.3) is 0 Å². The number of ether oxygens (including phenoxy) is 3.